The van der Waals surface area contributed by atoms with Gasteiger partial charge in [-0.25, -0.2) is 0 Å². The molecule has 2 aromatic rings. The maximum Gasteiger partial charge on any atom is 0.228 e. The van der Waals surface area contributed by atoms with E-state index in [-0.39, 0.29) is 24.2 Å². The van der Waals surface area contributed by atoms with Gasteiger partial charge in [-0.2, -0.15) is 0 Å². The average molecular weight is 323 g/mol. The van der Waals surface area contributed by atoms with Crippen LogP contribution in [0, 0.1) is 0 Å². The van der Waals surface area contributed by atoms with E-state index in [1.54, 1.807) is 11.3 Å². The monoisotopic (exact) mass is 322 g/mol. The minimum atomic E-state index is -0.0777. The number of halogens is 1. The molecule has 2 N–H and O–H groups in total. The van der Waals surface area contributed by atoms with Gasteiger partial charge in [-0.3, -0.25) is 4.79 Å². The second-order valence-corrected chi connectivity index (χ2v) is 6.14. The zero-order valence-corrected chi connectivity index (χ0v) is 13.5. The lowest BCUT2D eigenvalue weighted by atomic mass is 10.1. The van der Waals surface area contributed by atoms with Gasteiger partial charge < -0.3 is 10.6 Å². The van der Waals surface area contributed by atoms with E-state index in [2.05, 4.69) is 28.8 Å². The van der Waals surface area contributed by atoms with E-state index < -0.39 is 0 Å². The molecule has 1 aromatic carbocycles. The second-order valence-electron chi connectivity index (χ2n) is 5.16. The SMILES string of the molecule is CC(C(=O)NCc1ccc2c(c1)CNC2)c1cccs1.Cl. The number of thiophene rings is 1. The van der Waals surface area contributed by atoms with Crippen LogP contribution in [0.5, 0.6) is 0 Å². The fourth-order valence-electron chi connectivity index (χ4n) is 2.47. The van der Waals surface area contributed by atoms with E-state index in [0.29, 0.717) is 6.54 Å². The smallest absolute Gasteiger partial charge is 0.228 e. The minimum absolute atomic E-state index is 0. The fourth-order valence-corrected chi connectivity index (χ4v) is 3.25. The van der Waals surface area contributed by atoms with Crippen molar-refractivity contribution >= 4 is 29.7 Å². The van der Waals surface area contributed by atoms with Crippen molar-refractivity contribution in [1.29, 1.82) is 0 Å². The largest absolute Gasteiger partial charge is 0.351 e. The Bertz CT molecular complexity index is 613. The lowest BCUT2D eigenvalue weighted by Crippen LogP contribution is -2.27. The molecule has 0 saturated heterocycles. The van der Waals surface area contributed by atoms with Crippen LogP contribution >= 0.6 is 23.7 Å². The quantitative estimate of drug-likeness (QED) is 0.907. The van der Waals surface area contributed by atoms with Gasteiger partial charge in [-0.15, -0.1) is 23.7 Å². The molecule has 1 unspecified atom stereocenters. The molecule has 2 heterocycles. The summed E-state index contributed by atoms with van der Waals surface area (Å²) in [5, 5.41) is 8.36. The van der Waals surface area contributed by atoms with Crippen LogP contribution in [0.4, 0.5) is 0 Å². The normalized spacial score (nSPS) is 14.1. The van der Waals surface area contributed by atoms with Gasteiger partial charge in [0, 0.05) is 24.5 Å². The predicted octanol–water partition coefficient (Wildman–Crippen LogP) is 3.19. The minimum Gasteiger partial charge on any atom is -0.351 e. The Morgan fingerprint density at radius 1 is 1.33 bits per heavy atom. The summed E-state index contributed by atoms with van der Waals surface area (Å²) in [4.78, 5) is 13.2. The summed E-state index contributed by atoms with van der Waals surface area (Å²) in [6.45, 7) is 4.44. The Hall–Kier alpha value is -1.36. The predicted molar refractivity (Wildman–Crippen MR) is 88.8 cm³/mol. The molecule has 1 atom stereocenters. The van der Waals surface area contributed by atoms with Gasteiger partial charge in [0.1, 0.15) is 0 Å². The molecule has 1 aliphatic rings. The molecule has 0 aliphatic carbocycles. The van der Waals surface area contributed by atoms with Crippen LogP contribution in [-0.4, -0.2) is 5.91 Å². The molecule has 21 heavy (non-hydrogen) atoms. The van der Waals surface area contributed by atoms with Crippen molar-refractivity contribution in [2.24, 2.45) is 0 Å². The van der Waals surface area contributed by atoms with Gasteiger partial charge in [-0.1, -0.05) is 24.3 Å². The van der Waals surface area contributed by atoms with Crippen molar-refractivity contribution in [3.05, 3.63) is 57.3 Å². The van der Waals surface area contributed by atoms with Gasteiger partial charge in [0.05, 0.1) is 5.92 Å². The molecule has 1 amide bonds. The summed E-state index contributed by atoms with van der Waals surface area (Å²) in [6.07, 6.45) is 0. The number of amides is 1. The Morgan fingerprint density at radius 2 is 2.14 bits per heavy atom. The zero-order valence-electron chi connectivity index (χ0n) is 11.9. The molecule has 3 rings (SSSR count). The highest BCUT2D eigenvalue weighted by Gasteiger charge is 2.16. The van der Waals surface area contributed by atoms with Crippen molar-refractivity contribution in [2.75, 3.05) is 0 Å². The summed E-state index contributed by atoms with van der Waals surface area (Å²) in [7, 11) is 0. The molecular formula is C16H19ClN2OS. The van der Waals surface area contributed by atoms with E-state index in [4.69, 9.17) is 0 Å². The summed E-state index contributed by atoms with van der Waals surface area (Å²) >= 11 is 1.63. The Kier molecular flexibility index (Phi) is 5.39. The number of benzene rings is 1. The molecule has 0 bridgehead atoms. The van der Waals surface area contributed by atoms with E-state index in [1.807, 2.05) is 24.4 Å². The summed E-state index contributed by atoms with van der Waals surface area (Å²) < 4.78 is 0. The summed E-state index contributed by atoms with van der Waals surface area (Å²) in [5.74, 6) is 0.0113. The van der Waals surface area contributed by atoms with E-state index in [9.17, 15) is 4.79 Å². The average Bonchev–Trinajstić information content (AvgIpc) is 3.13. The van der Waals surface area contributed by atoms with Crippen LogP contribution in [0.3, 0.4) is 0 Å². The van der Waals surface area contributed by atoms with Crippen molar-refractivity contribution in [1.82, 2.24) is 10.6 Å². The van der Waals surface area contributed by atoms with Gasteiger partial charge in [0.15, 0.2) is 0 Å². The lowest BCUT2D eigenvalue weighted by Gasteiger charge is -2.11. The highest BCUT2D eigenvalue weighted by molar-refractivity contribution is 7.10. The van der Waals surface area contributed by atoms with Gasteiger partial charge in [0.2, 0.25) is 5.91 Å². The van der Waals surface area contributed by atoms with Crippen molar-refractivity contribution in [2.45, 2.75) is 32.5 Å². The highest BCUT2D eigenvalue weighted by atomic mass is 35.5. The maximum atomic E-state index is 12.1. The molecule has 1 aromatic heterocycles. The second kappa shape index (κ2) is 7.07. The lowest BCUT2D eigenvalue weighted by molar-refractivity contribution is -0.122. The molecule has 0 fully saturated rings. The van der Waals surface area contributed by atoms with Gasteiger partial charge >= 0.3 is 0 Å². The van der Waals surface area contributed by atoms with E-state index in [0.717, 1.165) is 18.0 Å². The van der Waals surface area contributed by atoms with Crippen LogP contribution in [0.1, 0.15) is 34.4 Å². The first-order chi connectivity index (χ1) is 9.74. The molecule has 0 spiro atoms. The van der Waals surface area contributed by atoms with Crippen LogP contribution in [0.25, 0.3) is 0 Å². The number of rotatable bonds is 4. The number of hydrogen-bond acceptors (Lipinski definition) is 3. The number of hydrogen-bond donors (Lipinski definition) is 2. The zero-order chi connectivity index (χ0) is 13.9. The number of fused-ring (bicyclic) bond motifs is 1. The number of nitrogens with one attached hydrogen (secondary N) is 2. The number of carbonyl (C=O) groups is 1. The van der Waals surface area contributed by atoms with Gasteiger partial charge in [-0.05, 0) is 35.1 Å². The summed E-state index contributed by atoms with van der Waals surface area (Å²) in [5.41, 5.74) is 3.88. The first-order valence-corrected chi connectivity index (χ1v) is 7.74. The third kappa shape index (κ3) is 3.64. The number of carbonyl (C=O) groups excluding carboxylic acids is 1. The van der Waals surface area contributed by atoms with Crippen LogP contribution < -0.4 is 10.6 Å². The first-order valence-electron chi connectivity index (χ1n) is 6.86. The van der Waals surface area contributed by atoms with E-state index >= 15 is 0 Å². The molecular weight excluding hydrogens is 304 g/mol. The Morgan fingerprint density at radius 3 is 2.90 bits per heavy atom. The van der Waals surface area contributed by atoms with Gasteiger partial charge in [0.25, 0.3) is 0 Å². The highest BCUT2D eigenvalue weighted by Crippen LogP contribution is 2.21. The fraction of sp³-hybridized carbons (Fsp3) is 0.312. The topological polar surface area (TPSA) is 41.1 Å². The molecule has 112 valence electrons. The summed E-state index contributed by atoms with van der Waals surface area (Å²) in [6, 6.07) is 10.4. The first kappa shape index (κ1) is 16.0. The van der Waals surface area contributed by atoms with Crippen LogP contribution in [0.15, 0.2) is 35.7 Å². The van der Waals surface area contributed by atoms with Crippen LogP contribution in [-0.2, 0) is 24.4 Å². The van der Waals surface area contributed by atoms with Crippen molar-refractivity contribution < 1.29 is 4.79 Å². The maximum absolute atomic E-state index is 12.1. The molecule has 0 saturated carbocycles. The van der Waals surface area contributed by atoms with Crippen LogP contribution in [0.2, 0.25) is 0 Å². The molecule has 1 aliphatic heterocycles. The molecule has 0 radical (unpaired) electrons. The standard InChI is InChI=1S/C16H18N2OS.ClH/c1-11(15-3-2-6-20-15)16(19)18-8-12-4-5-13-9-17-10-14(13)7-12;/h2-7,11,17H,8-10H2,1H3,(H,18,19);1H. The third-order valence-corrected chi connectivity index (χ3v) is 4.79. The third-order valence-electron chi connectivity index (χ3n) is 3.73. The molecule has 5 heteroatoms. The molecule has 3 nitrogen and oxygen atoms in total. The van der Waals surface area contributed by atoms with Crippen molar-refractivity contribution in [3.63, 3.8) is 0 Å². The van der Waals surface area contributed by atoms with E-state index in [1.165, 1.54) is 16.7 Å². The Labute approximate surface area is 135 Å². The Balaban J connectivity index is 0.00000161. The van der Waals surface area contributed by atoms with Crippen molar-refractivity contribution in [3.8, 4) is 0 Å².